The zero-order valence-corrected chi connectivity index (χ0v) is 28.5. The molecule has 2 aromatic heterocycles. The van der Waals surface area contributed by atoms with Gasteiger partial charge in [0, 0.05) is 53.9 Å². The third kappa shape index (κ3) is 5.18. The van der Waals surface area contributed by atoms with Crippen molar-refractivity contribution in [3.8, 4) is 33.4 Å². The summed E-state index contributed by atoms with van der Waals surface area (Å²) in [5.74, 6) is 0. The topological polar surface area (TPSA) is 16.4 Å². The lowest BCUT2D eigenvalue weighted by atomic mass is 9.94. The first-order valence-electron chi connectivity index (χ1n) is 17.2. The first-order valence-corrected chi connectivity index (χ1v) is 18.1. The molecule has 0 amide bonds. The molecule has 0 atom stereocenters. The van der Waals surface area contributed by atoms with Gasteiger partial charge in [-0.3, -0.25) is 0 Å². The minimum absolute atomic E-state index is 0.872. The Labute approximate surface area is 300 Å². The van der Waals surface area contributed by atoms with Gasteiger partial charge in [0.25, 0.3) is 0 Å². The van der Waals surface area contributed by atoms with Gasteiger partial charge in [-0.2, -0.15) is 0 Å². The van der Waals surface area contributed by atoms with Crippen molar-refractivity contribution in [3.63, 3.8) is 0 Å². The van der Waals surface area contributed by atoms with E-state index >= 15 is 0 Å². The molecule has 10 rings (SSSR count). The fraction of sp³-hybridized carbons (Fsp3) is 0. The van der Waals surface area contributed by atoms with E-state index in [0.29, 0.717) is 0 Å². The summed E-state index contributed by atoms with van der Waals surface area (Å²) in [5.41, 5.74) is 12.1. The summed E-state index contributed by atoms with van der Waals surface area (Å²) in [5, 5.41) is 4.79. The molecule has 0 unspecified atom stereocenters. The number of anilines is 3. The highest BCUT2D eigenvalue weighted by Crippen LogP contribution is 2.46. The van der Waals surface area contributed by atoms with Gasteiger partial charge < -0.3 is 9.32 Å². The second kappa shape index (κ2) is 12.2. The molecule has 0 aliphatic rings. The van der Waals surface area contributed by atoms with Crippen LogP contribution in [-0.4, -0.2) is 0 Å². The van der Waals surface area contributed by atoms with Crippen LogP contribution in [0.5, 0.6) is 0 Å². The summed E-state index contributed by atoms with van der Waals surface area (Å²) in [6.45, 7) is 0. The maximum Gasteiger partial charge on any atom is 0.137 e. The van der Waals surface area contributed by atoms with Gasteiger partial charge in [0.15, 0.2) is 0 Å². The zero-order valence-electron chi connectivity index (χ0n) is 27.7. The largest absolute Gasteiger partial charge is 0.456 e. The maximum absolute atomic E-state index is 6.44. The molecule has 0 saturated heterocycles. The number of thiophene rings is 1. The number of fused-ring (bicyclic) bond motifs is 6. The molecule has 3 heteroatoms. The highest BCUT2D eigenvalue weighted by atomic mass is 32.1. The van der Waals surface area contributed by atoms with Crippen molar-refractivity contribution in [3.05, 3.63) is 188 Å². The van der Waals surface area contributed by atoms with Gasteiger partial charge in [0.1, 0.15) is 11.2 Å². The van der Waals surface area contributed by atoms with Crippen LogP contribution in [0.1, 0.15) is 0 Å². The number of hydrogen-bond acceptors (Lipinski definition) is 3. The standard InChI is InChI=1S/C48H31NOS/c1-3-12-32(13-4-1)34-16-11-17-35(28-34)36-22-26-44(42(29-36)33-14-5-2-6-15-33)49(37-24-27-48-43(30-37)41-19-8-10-21-47(41)51-48)38-23-25-40-39-18-7-9-20-45(39)50-46(40)31-38/h1-31H. The van der Waals surface area contributed by atoms with Crippen molar-refractivity contribution >= 4 is 70.5 Å². The summed E-state index contributed by atoms with van der Waals surface area (Å²) in [6.07, 6.45) is 0. The number of rotatable bonds is 6. The van der Waals surface area contributed by atoms with Crippen LogP contribution in [0.4, 0.5) is 17.1 Å². The van der Waals surface area contributed by atoms with Gasteiger partial charge >= 0.3 is 0 Å². The summed E-state index contributed by atoms with van der Waals surface area (Å²) >= 11 is 1.84. The Kier molecular flexibility index (Phi) is 7.04. The molecule has 10 aromatic rings. The van der Waals surface area contributed by atoms with Gasteiger partial charge in [-0.05, 0) is 88.5 Å². The molecule has 0 aliphatic carbocycles. The van der Waals surface area contributed by atoms with Gasteiger partial charge in [-0.15, -0.1) is 11.3 Å². The van der Waals surface area contributed by atoms with E-state index in [9.17, 15) is 0 Å². The summed E-state index contributed by atoms with van der Waals surface area (Å²) in [6, 6.07) is 67.5. The van der Waals surface area contributed by atoms with E-state index in [0.717, 1.165) is 50.1 Å². The first-order chi connectivity index (χ1) is 25.3. The minimum Gasteiger partial charge on any atom is -0.456 e. The molecule has 0 fully saturated rings. The number of furan rings is 1. The molecule has 0 spiro atoms. The molecular weight excluding hydrogens is 639 g/mol. The lowest BCUT2D eigenvalue weighted by molar-refractivity contribution is 0.669. The number of nitrogens with zero attached hydrogens (tertiary/aromatic N) is 1. The number of para-hydroxylation sites is 1. The predicted molar refractivity (Wildman–Crippen MR) is 218 cm³/mol. The lowest BCUT2D eigenvalue weighted by Gasteiger charge is -2.28. The maximum atomic E-state index is 6.44. The Hall–Kier alpha value is -6.42. The average molecular weight is 670 g/mol. The average Bonchev–Trinajstić information content (AvgIpc) is 3.77. The van der Waals surface area contributed by atoms with Gasteiger partial charge in [-0.25, -0.2) is 0 Å². The van der Waals surface area contributed by atoms with E-state index in [1.54, 1.807) is 0 Å². The van der Waals surface area contributed by atoms with E-state index in [4.69, 9.17) is 4.42 Å². The van der Waals surface area contributed by atoms with E-state index in [2.05, 4.69) is 181 Å². The van der Waals surface area contributed by atoms with Crippen LogP contribution in [0.25, 0.3) is 75.5 Å². The zero-order chi connectivity index (χ0) is 33.7. The summed E-state index contributed by atoms with van der Waals surface area (Å²) < 4.78 is 9.03. The molecule has 0 aliphatic heterocycles. The second-order valence-electron chi connectivity index (χ2n) is 12.9. The Morgan fingerprint density at radius 2 is 0.961 bits per heavy atom. The molecular formula is C48H31NOS. The first kappa shape index (κ1) is 29.5. The Morgan fingerprint density at radius 1 is 0.353 bits per heavy atom. The fourth-order valence-corrected chi connectivity index (χ4v) is 8.49. The van der Waals surface area contributed by atoms with E-state index in [1.807, 2.05) is 23.5 Å². The van der Waals surface area contributed by atoms with Crippen molar-refractivity contribution in [1.82, 2.24) is 0 Å². The summed E-state index contributed by atoms with van der Waals surface area (Å²) in [7, 11) is 0. The molecule has 0 radical (unpaired) electrons. The van der Waals surface area contributed by atoms with Crippen LogP contribution in [0.15, 0.2) is 192 Å². The van der Waals surface area contributed by atoms with Crippen molar-refractivity contribution in [2.75, 3.05) is 4.90 Å². The lowest BCUT2D eigenvalue weighted by Crippen LogP contribution is -2.11. The second-order valence-corrected chi connectivity index (χ2v) is 14.0. The van der Waals surface area contributed by atoms with Crippen LogP contribution >= 0.6 is 11.3 Å². The third-order valence-electron chi connectivity index (χ3n) is 9.86. The minimum atomic E-state index is 0.872. The van der Waals surface area contributed by atoms with Crippen LogP contribution in [-0.2, 0) is 0 Å². The van der Waals surface area contributed by atoms with Crippen LogP contribution < -0.4 is 4.90 Å². The SMILES string of the molecule is c1ccc(-c2cccc(-c3ccc(N(c4ccc5c(c4)oc4ccccc45)c4ccc5sc6ccccc6c5c4)c(-c4ccccc4)c3)c2)cc1. The summed E-state index contributed by atoms with van der Waals surface area (Å²) in [4.78, 5) is 2.39. The number of benzene rings is 8. The van der Waals surface area contributed by atoms with Gasteiger partial charge in [0.2, 0.25) is 0 Å². The molecule has 0 saturated carbocycles. The molecule has 0 bridgehead atoms. The predicted octanol–water partition coefficient (Wildman–Crippen LogP) is 14.4. The van der Waals surface area contributed by atoms with Crippen LogP contribution in [0, 0.1) is 0 Å². The molecule has 8 aromatic carbocycles. The Morgan fingerprint density at radius 3 is 1.80 bits per heavy atom. The monoisotopic (exact) mass is 669 g/mol. The van der Waals surface area contributed by atoms with Crippen molar-refractivity contribution in [1.29, 1.82) is 0 Å². The third-order valence-corrected chi connectivity index (χ3v) is 11.0. The Bertz CT molecular complexity index is 2870. The molecule has 240 valence electrons. The quantitative estimate of drug-likeness (QED) is 0.175. The molecule has 51 heavy (non-hydrogen) atoms. The molecule has 0 N–H and O–H groups in total. The highest BCUT2D eigenvalue weighted by molar-refractivity contribution is 7.25. The highest BCUT2D eigenvalue weighted by Gasteiger charge is 2.21. The molecule has 2 heterocycles. The van der Waals surface area contributed by atoms with E-state index in [1.165, 1.54) is 42.4 Å². The van der Waals surface area contributed by atoms with Crippen LogP contribution in [0.3, 0.4) is 0 Å². The Balaban J connectivity index is 1.20. The van der Waals surface area contributed by atoms with Gasteiger partial charge in [-0.1, -0.05) is 121 Å². The normalized spacial score (nSPS) is 11.5. The van der Waals surface area contributed by atoms with Crippen molar-refractivity contribution in [2.45, 2.75) is 0 Å². The smallest absolute Gasteiger partial charge is 0.137 e. The fourth-order valence-electron chi connectivity index (χ4n) is 7.40. The van der Waals surface area contributed by atoms with E-state index < -0.39 is 0 Å². The van der Waals surface area contributed by atoms with E-state index in [-0.39, 0.29) is 0 Å². The van der Waals surface area contributed by atoms with Crippen molar-refractivity contribution < 1.29 is 4.42 Å². The van der Waals surface area contributed by atoms with Crippen molar-refractivity contribution in [2.24, 2.45) is 0 Å². The van der Waals surface area contributed by atoms with Crippen LogP contribution in [0.2, 0.25) is 0 Å². The van der Waals surface area contributed by atoms with Gasteiger partial charge in [0.05, 0.1) is 5.69 Å². The molecule has 2 nitrogen and oxygen atoms in total. The number of hydrogen-bond donors (Lipinski definition) is 0.